The average molecular weight is 314 g/mol. The Kier molecular flexibility index (Phi) is 5.16. The van der Waals surface area contributed by atoms with Crippen LogP contribution >= 0.6 is 0 Å². The van der Waals surface area contributed by atoms with Gasteiger partial charge in [0.05, 0.1) is 6.42 Å². The van der Waals surface area contributed by atoms with Gasteiger partial charge in [-0.05, 0) is 34.6 Å². The Bertz CT molecular complexity index is 476. The van der Waals surface area contributed by atoms with Crippen LogP contribution in [0.25, 0.3) is 0 Å². The summed E-state index contributed by atoms with van der Waals surface area (Å²) in [5, 5.41) is 3.02. The van der Waals surface area contributed by atoms with Gasteiger partial charge in [0, 0.05) is 18.4 Å². The summed E-state index contributed by atoms with van der Waals surface area (Å²) in [4.78, 5) is 51.0. The van der Waals surface area contributed by atoms with Crippen molar-refractivity contribution in [2.45, 2.75) is 65.0 Å². The number of alkyl carbamates (subject to hydrolysis) is 1. The summed E-state index contributed by atoms with van der Waals surface area (Å²) < 4.78 is 5.10. The number of nitrogens with zero attached hydrogens (tertiary/aromatic N) is 1. The lowest BCUT2D eigenvalue weighted by Crippen LogP contribution is -2.48. The van der Waals surface area contributed by atoms with Gasteiger partial charge in [0.15, 0.2) is 0 Å². The number of ether oxygens (including phenoxy) is 1. The van der Waals surface area contributed by atoms with Crippen LogP contribution in [-0.2, 0) is 24.0 Å². The predicted molar refractivity (Wildman–Crippen MR) is 75.2 cm³/mol. The van der Waals surface area contributed by atoms with E-state index < -0.39 is 35.0 Å². The van der Waals surface area contributed by atoms with E-state index in [9.17, 15) is 19.2 Å². The molecule has 1 rings (SSSR count). The first-order chi connectivity index (χ1) is 9.89. The van der Waals surface area contributed by atoms with Gasteiger partial charge in [0.2, 0.25) is 0 Å². The molecule has 124 valence electrons. The summed E-state index contributed by atoms with van der Waals surface area (Å²) in [5.41, 5.74) is -1.61. The number of hydroxylamine groups is 2. The molecule has 8 heteroatoms. The van der Waals surface area contributed by atoms with Gasteiger partial charge < -0.3 is 14.9 Å². The average Bonchev–Trinajstić information content (AvgIpc) is 2.56. The Morgan fingerprint density at radius 3 is 2.05 bits per heavy atom. The zero-order valence-corrected chi connectivity index (χ0v) is 13.5. The standard InChI is InChI=1S/C14H22N2O6/c1-13(2,3)21-12(20)15-14(4,5)8-11(19)22-16-9(17)6-7-10(16)18/h6-8H2,1-5H3,(H,15,20). The second-order valence-corrected chi connectivity index (χ2v) is 6.73. The monoisotopic (exact) mass is 314 g/mol. The fourth-order valence-corrected chi connectivity index (χ4v) is 1.78. The number of hydrogen-bond acceptors (Lipinski definition) is 6. The minimum atomic E-state index is -0.953. The number of hydrogen-bond donors (Lipinski definition) is 1. The van der Waals surface area contributed by atoms with E-state index in [1.54, 1.807) is 34.6 Å². The van der Waals surface area contributed by atoms with Crippen molar-refractivity contribution in [3.05, 3.63) is 0 Å². The first kappa shape index (κ1) is 17.9. The second-order valence-electron chi connectivity index (χ2n) is 6.73. The molecule has 1 aliphatic rings. The van der Waals surface area contributed by atoms with E-state index in [1.165, 1.54) is 0 Å². The van der Waals surface area contributed by atoms with E-state index in [4.69, 9.17) is 9.57 Å². The molecule has 1 saturated heterocycles. The van der Waals surface area contributed by atoms with Crippen molar-refractivity contribution in [1.29, 1.82) is 0 Å². The quantitative estimate of drug-likeness (QED) is 0.784. The van der Waals surface area contributed by atoms with Gasteiger partial charge in [-0.1, -0.05) is 0 Å². The molecule has 0 aromatic carbocycles. The van der Waals surface area contributed by atoms with Crippen LogP contribution in [0.1, 0.15) is 53.9 Å². The van der Waals surface area contributed by atoms with Crippen molar-refractivity contribution in [3.63, 3.8) is 0 Å². The molecule has 1 heterocycles. The fraction of sp³-hybridized carbons (Fsp3) is 0.714. The number of nitrogens with one attached hydrogen (secondary N) is 1. The van der Waals surface area contributed by atoms with Gasteiger partial charge in [-0.2, -0.15) is 0 Å². The maximum Gasteiger partial charge on any atom is 0.408 e. The molecule has 0 unspecified atom stereocenters. The number of carbonyl (C=O) groups is 4. The van der Waals surface area contributed by atoms with Crippen LogP contribution in [0.15, 0.2) is 0 Å². The van der Waals surface area contributed by atoms with E-state index in [2.05, 4.69) is 5.32 Å². The Labute approximate surface area is 129 Å². The van der Waals surface area contributed by atoms with E-state index in [-0.39, 0.29) is 19.3 Å². The Balaban J connectivity index is 2.53. The third-order valence-electron chi connectivity index (χ3n) is 2.62. The highest BCUT2D eigenvalue weighted by atomic mass is 16.7. The summed E-state index contributed by atoms with van der Waals surface area (Å²) in [6, 6.07) is 0. The highest BCUT2D eigenvalue weighted by Crippen LogP contribution is 2.16. The summed E-state index contributed by atoms with van der Waals surface area (Å²) in [6.07, 6.45) is -0.820. The van der Waals surface area contributed by atoms with Crippen molar-refractivity contribution in [2.24, 2.45) is 0 Å². The van der Waals surface area contributed by atoms with Gasteiger partial charge in [0.1, 0.15) is 5.60 Å². The van der Waals surface area contributed by atoms with Gasteiger partial charge in [-0.3, -0.25) is 9.59 Å². The molecule has 0 spiro atoms. The van der Waals surface area contributed by atoms with Crippen molar-refractivity contribution in [2.75, 3.05) is 0 Å². The zero-order valence-electron chi connectivity index (χ0n) is 13.5. The van der Waals surface area contributed by atoms with Crippen LogP contribution in [0.3, 0.4) is 0 Å². The summed E-state index contributed by atoms with van der Waals surface area (Å²) in [5.74, 6) is -1.88. The third kappa shape index (κ3) is 5.71. The first-order valence-corrected chi connectivity index (χ1v) is 6.97. The highest BCUT2D eigenvalue weighted by Gasteiger charge is 2.35. The molecule has 0 aromatic heterocycles. The lowest BCUT2D eigenvalue weighted by atomic mass is 10.0. The first-order valence-electron chi connectivity index (χ1n) is 6.97. The molecule has 3 amide bonds. The predicted octanol–water partition coefficient (Wildman–Crippen LogP) is 1.29. The molecule has 0 bridgehead atoms. The Morgan fingerprint density at radius 2 is 1.59 bits per heavy atom. The van der Waals surface area contributed by atoms with Gasteiger partial charge >= 0.3 is 12.1 Å². The van der Waals surface area contributed by atoms with Gasteiger partial charge in [-0.25, -0.2) is 9.59 Å². The normalized spacial score (nSPS) is 15.8. The second kappa shape index (κ2) is 6.33. The molecule has 8 nitrogen and oxygen atoms in total. The van der Waals surface area contributed by atoms with Gasteiger partial charge in [-0.15, -0.1) is 5.06 Å². The molecule has 22 heavy (non-hydrogen) atoms. The van der Waals surface area contributed by atoms with Crippen LogP contribution < -0.4 is 5.32 Å². The van der Waals surface area contributed by atoms with Crippen LogP contribution in [0.4, 0.5) is 4.79 Å². The molecule has 1 aliphatic heterocycles. The molecule has 0 aliphatic carbocycles. The van der Waals surface area contributed by atoms with Crippen LogP contribution in [-0.4, -0.2) is 40.1 Å². The van der Waals surface area contributed by atoms with Crippen LogP contribution in [0.5, 0.6) is 0 Å². The summed E-state index contributed by atoms with van der Waals surface area (Å²) in [6.45, 7) is 8.37. The highest BCUT2D eigenvalue weighted by molar-refractivity contribution is 6.01. The Hall–Kier alpha value is -2.12. The molecule has 0 saturated carbocycles. The maximum atomic E-state index is 11.8. The summed E-state index contributed by atoms with van der Waals surface area (Å²) >= 11 is 0. The summed E-state index contributed by atoms with van der Waals surface area (Å²) in [7, 11) is 0. The van der Waals surface area contributed by atoms with Crippen molar-refractivity contribution < 1.29 is 28.8 Å². The third-order valence-corrected chi connectivity index (χ3v) is 2.62. The van der Waals surface area contributed by atoms with Crippen molar-refractivity contribution in [1.82, 2.24) is 10.4 Å². The molecule has 1 N–H and O–H groups in total. The minimum Gasteiger partial charge on any atom is -0.444 e. The molecular weight excluding hydrogens is 292 g/mol. The number of rotatable bonds is 4. The molecule has 0 atom stereocenters. The van der Waals surface area contributed by atoms with E-state index in [1.807, 2.05) is 0 Å². The van der Waals surface area contributed by atoms with Crippen molar-refractivity contribution in [3.8, 4) is 0 Å². The minimum absolute atomic E-state index is 0.0334. The van der Waals surface area contributed by atoms with E-state index in [0.717, 1.165) is 0 Å². The van der Waals surface area contributed by atoms with Crippen LogP contribution in [0.2, 0.25) is 0 Å². The lowest BCUT2D eigenvalue weighted by molar-refractivity contribution is -0.198. The van der Waals surface area contributed by atoms with Crippen LogP contribution in [0, 0.1) is 0 Å². The molecule has 1 fully saturated rings. The molecule has 0 aromatic rings. The van der Waals surface area contributed by atoms with E-state index >= 15 is 0 Å². The number of carbonyl (C=O) groups excluding carboxylic acids is 4. The fourth-order valence-electron chi connectivity index (χ4n) is 1.78. The topological polar surface area (TPSA) is 102 Å². The maximum absolute atomic E-state index is 11.8. The number of amides is 3. The molecule has 0 radical (unpaired) electrons. The lowest BCUT2D eigenvalue weighted by Gasteiger charge is -2.28. The largest absolute Gasteiger partial charge is 0.444 e. The van der Waals surface area contributed by atoms with Gasteiger partial charge in [0.25, 0.3) is 11.8 Å². The van der Waals surface area contributed by atoms with Crippen molar-refractivity contribution >= 4 is 23.9 Å². The Morgan fingerprint density at radius 1 is 1.09 bits per heavy atom. The number of imide groups is 1. The smallest absolute Gasteiger partial charge is 0.408 e. The van der Waals surface area contributed by atoms with E-state index in [0.29, 0.717) is 5.06 Å². The molecular formula is C14H22N2O6. The zero-order chi connectivity index (χ0) is 17.1. The SMILES string of the molecule is CC(C)(CC(=O)ON1C(=O)CCC1=O)NC(=O)OC(C)(C)C.